The number of amides is 1. The third-order valence-corrected chi connectivity index (χ3v) is 3.80. The highest BCUT2D eigenvalue weighted by molar-refractivity contribution is 6.30. The minimum Gasteiger partial charge on any atom is -0.493 e. The van der Waals surface area contributed by atoms with Crippen LogP contribution < -0.4 is 10.1 Å². The highest BCUT2D eigenvalue weighted by Crippen LogP contribution is 2.25. The summed E-state index contributed by atoms with van der Waals surface area (Å²) in [5, 5.41) is 14.3. The van der Waals surface area contributed by atoms with E-state index in [1.165, 1.54) is 6.07 Å². The Morgan fingerprint density at radius 1 is 1.24 bits per heavy atom. The van der Waals surface area contributed by atoms with Gasteiger partial charge in [-0.05, 0) is 55.7 Å². The molecule has 0 heterocycles. The van der Waals surface area contributed by atoms with Gasteiger partial charge in [0, 0.05) is 17.5 Å². The van der Waals surface area contributed by atoms with Crippen LogP contribution >= 0.6 is 11.6 Å². The van der Waals surface area contributed by atoms with Crippen LogP contribution in [0.5, 0.6) is 5.75 Å². The first-order valence-electron chi connectivity index (χ1n) is 7.80. The SMILES string of the molecule is Cc1ccc(NC(=O)CCCOc2ccc(Cl)cc2C)c([N+](=O)[O-])c1. The van der Waals surface area contributed by atoms with Gasteiger partial charge in [-0.3, -0.25) is 14.9 Å². The Morgan fingerprint density at radius 3 is 2.68 bits per heavy atom. The highest BCUT2D eigenvalue weighted by Gasteiger charge is 2.15. The second-order valence-electron chi connectivity index (χ2n) is 5.69. The lowest BCUT2D eigenvalue weighted by molar-refractivity contribution is -0.384. The van der Waals surface area contributed by atoms with E-state index in [4.69, 9.17) is 16.3 Å². The first kappa shape index (κ1) is 18.7. The molecule has 0 saturated carbocycles. The normalized spacial score (nSPS) is 10.4. The maximum Gasteiger partial charge on any atom is 0.293 e. The molecular formula is C18H19ClN2O4. The van der Waals surface area contributed by atoms with Crippen LogP contribution in [0.15, 0.2) is 36.4 Å². The fraction of sp³-hybridized carbons (Fsp3) is 0.278. The molecule has 0 fully saturated rings. The average molecular weight is 363 g/mol. The van der Waals surface area contributed by atoms with Gasteiger partial charge in [-0.15, -0.1) is 0 Å². The highest BCUT2D eigenvalue weighted by atomic mass is 35.5. The van der Waals surface area contributed by atoms with E-state index in [1.807, 2.05) is 6.92 Å². The van der Waals surface area contributed by atoms with Gasteiger partial charge in [-0.2, -0.15) is 0 Å². The summed E-state index contributed by atoms with van der Waals surface area (Å²) in [6.07, 6.45) is 0.700. The van der Waals surface area contributed by atoms with Gasteiger partial charge in [0.05, 0.1) is 11.5 Å². The molecule has 0 aliphatic rings. The van der Waals surface area contributed by atoms with Gasteiger partial charge >= 0.3 is 0 Å². The molecular weight excluding hydrogens is 344 g/mol. The summed E-state index contributed by atoms with van der Waals surface area (Å²) in [5.41, 5.74) is 1.78. The number of hydrogen-bond acceptors (Lipinski definition) is 4. The van der Waals surface area contributed by atoms with Crippen molar-refractivity contribution in [3.05, 3.63) is 62.7 Å². The summed E-state index contributed by atoms with van der Waals surface area (Å²) in [5.74, 6) is 0.433. The number of anilines is 1. The number of halogens is 1. The van der Waals surface area contributed by atoms with Crippen LogP contribution in [0.4, 0.5) is 11.4 Å². The number of nitrogens with one attached hydrogen (secondary N) is 1. The molecule has 132 valence electrons. The Balaban J connectivity index is 1.84. The van der Waals surface area contributed by atoms with E-state index < -0.39 is 4.92 Å². The van der Waals surface area contributed by atoms with E-state index in [2.05, 4.69) is 5.32 Å². The van der Waals surface area contributed by atoms with Crippen molar-refractivity contribution in [2.24, 2.45) is 0 Å². The largest absolute Gasteiger partial charge is 0.493 e. The molecule has 0 radical (unpaired) electrons. The Hall–Kier alpha value is -2.60. The van der Waals surface area contributed by atoms with Crippen LogP contribution in [-0.4, -0.2) is 17.4 Å². The molecule has 0 aliphatic carbocycles. The van der Waals surface area contributed by atoms with Crippen molar-refractivity contribution in [3.63, 3.8) is 0 Å². The number of carbonyl (C=O) groups is 1. The monoisotopic (exact) mass is 362 g/mol. The van der Waals surface area contributed by atoms with Gasteiger partial charge < -0.3 is 10.1 Å². The fourth-order valence-corrected chi connectivity index (χ4v) is 2.53. The quantitative estimate of drug-likeness (QED) is 0.441. The van der Waals surface area contributed by atoms with E-state index in [0.717, 1.165) is 16.9 Å². The average Bonchev–Trinajstić information content (AvgIpc) is 2.54. The number of carbonyl (C=O) groups excluding carboxylic acids is 1. The fourth-order valence-electron chi connectivity index (χ4n) is 2.30. The van der Waals surface area contributed by atoms with Crippen molar-refractivity contribution < 1.29 is 14.5 Å². The summed E-state index contributed by atoms with van der Waals surface area (Å²) < 4.78 is 5.62. The number of aryl methyl sites for hydroxylation is 2. The summed E-state index contributed by atoms with van der Waals surface area (Å²) in [6, 6.07) is 10.0. The molecule has 0 unspecified atom stereocenters. The molecule has 2 aromatic rings. The Morgan fingerprint density at radius 2 is 2.00 bits per heavy atom. The molecule has 7 heteroatoms. The van der Waals surface area contributed by atoms with E-state index in [0.29, 0.717) is 18.1 Å². The van der Waals surface area contributed by atoms with Crippen molar-refractivity contribution in [2.45, 2.75) is 26.7 Å². The predicted octanol–water partition coefficient (Wildman–Crippen LogP) is 4.66. The van der Waals surface area contributed by atoms with Crippen LogP contribution in [0.1, 0.15) is 24.0 Å². The minimum absolute atomic E-state index is 0.110. The molecule has 1 amide bonds. The molecule has 0 aromatic heterocycles. The Kier molecular flexibility index (Phi) is 6.36. The van der Waals surface area contributed by atoms with Crippen molar-refractivity contribution in [3.8, 4) is 5.75 Å². The van der Waals surface area contributed by atoms with Gasteiger partial charge in [0.25, 0.3) is 5.69 Å². The number of nitro benzene ring substituents is 1. The molecule has 0 saturated heterocycles. The van der Waals surface area contributed by atoms with Crippen LogP contribution in [-0.2, 0) is 4.79 Å². The van der Waals surface area contributed by atoms with Crippen molar-refractivity contribution >= 4 is 28.9 Å². The smallest absolute Gasteiger partial charge is 0.293 e. The van der Waals surface area contributed by atoms with Crippen molar-refractivity contribution in [1.29, 1.82) is 0 Å². The lowest BCUT2D eigenvalue weighted by Crippen LogP contribution is -2.14. The van der Waals surface area contributed by atoms with Crippen molar-refractivity contribution in [2.75, 3.05) is 11.9 Å². The minimum atomic E-state index is -0.505. The number of benzene rings is 2. The Labute approximate surface area is 150 Å². The molecule has 6 nitrogen and oxygen atoms in total. The molecule has 0 spiro atoms. The second kappa shape index (κ2) is 8.48. The van der Waals surface area contributed by atoms with Crippen LogP contribution in [0.25, 0.3) is 0 Å². The number of ether oxygens (including phenoxy) is 1. The van der Waals surface area contributed by atoms with Gasteiger partial charge in [-0.25, -0.2) is 0 Å². The summed E-state index contributed by atoms with van der Waals surface area (Å²) in [4.78, 5) is 22.5. The lowest BCUT2D eigenvalue weighted by atomic mass is 10.2. The van der Waals surface area contributed by atoms with Crippen LogP contribution in [0.3, 0.4) is 0 Å². The van der Waals surface area contributed by atoms with Gasteiger partial charge in [-0.1, -0.05) is 17.7 Å². The standard InChI is InChI=1S/C18H19ClN2O4/c1-12-5-7-15(16(10-12)21(23)24)20-18(22)4-3-9-25-17-8-6-14(19)11-13(17)2/h5-8,10-11H,3-4,9H2,1-2H3,(H,20,22). The third-order valence-electron chi connectivity index (χ3n) is 3.57. The molecule has 2 rings (SSSR count). The second-order valence-corrected chi connectivity index (χ2v) is 6.12. The molecule has 0 bridgehead atoms. The maximum absolute atomic E-state index is 12.0. The van der Waals surface area contributed by atoms with Gasteiger partial charge in [0.2, 0.25) is 5.91 Å². The molecule has 1 N–H and O–H groups in total. The van der Waals surface area contributed by atoms with E-state index in [1.54, 1.807) is 37.3 Å². The maximum atomic E-state index is 12.0. The topological polar surface area (TPSA) is 81.5 Å². The molecule has 25 heavy (non-hydrogen) atoms. The number of nitrogens with zero attached hydrogens (tertiary/aromatic N) is 1. The summed E-state index contributed by atoms with van der Waals surface area (Å²) >= 11 is 5.89. The van der Waals surface area contributed by atoms with Crippen molar-refractivity contribution in [1.82, 2.24) is 0 Å². The molecule has 0 atom stereocenters. The molecule has 2 aromatic carbocycles. The number of nitro groups is 1. The van der Waals surface area contributed by atoms with Crippen LogP contribution in [0.2, 0.25) is 5.02 Å². The lowest BCUT2D eigenvalue weighted by Gasteiger charge is -2.10. The summed E-state index contributed by atoms with van der Waals surface area (Å²) in [6.45, 7) is 4.02. The van der Waals surface area contributed by atoms with Gasteiger partial charge in [0.15, 0.2) is 0 Å². The van der Waals surface area contributed by atoms with E-state index in [-0.39, 0.29) is 23.7 Å². The summed E-state index contributed by atoms with van der Waals surface area (Å²) in [7, 11) is 0. The third kappa shape index (κ3) is 5.46. The first-order chi connectivity index (χ1) is 11.9. The molecule has 0 aliphatic heterocycles. The van der Waals surface area contributed by atoms with E-state index >= 15 is 0 Å². The zero-order valence-corrected chi connectivity index (χ0v) is 14.8. The zero-order valence-electron chi connectivity index (χ0n) is 14.0. The predicted molar refractivity (Wildman–Crippen MR) is 97.4 cm³/mol. The number of rotatable bonds is 7. The zero-order chi connectivity index (χ0) is 18.4. The van der Waals surface area contributed by atoms with E-state index in [9.17, 15) is 14.9 Å². The van der Waals surface area contributed by atoms with Gasteiger partial charge in [0.1, 0.15) is 11.4 Å². The number of hydrogen-bond donors (Lipinski definition) is 1. The first-order valence-corrected chi connectivity index (χ1v) is 8.18. The Bertz CT molecular complexity index is 793. The van der Waals surface area contributed by atoms with Crippen LogP contribution in [0, 0.1) is 24.0 Å².